The van der Waals surface area contributed by atoms with Crippen molar-refractivity contribution in [1.29, 1.82) is 0 Å². The monoisotopic (exact) mass is 504 g/mol. The average Bonchev–Trinajstić information content (AvgIpc) is 3.37. The minimum Gasteiger partial charge on any atom is -0.451 e. The van der Waals surface area contributed by atoms with Gasteiger partial charge < -0.3 is 20.1 Å². The Hall–Kier alpha value is -2.94. The second-order valence-corrected chi connectivity index (χ2v) is 11.9. The van der Waals surface area contributed by atoms with Gasteiger partial charge in [0, 0.05) is 11.3 Å². The number of hydrogen-bond acceptors (Lipinski definition) is 8. The maximum Gasteiger partial charge on any atom is 0.341 e. The molecule has 1 spiro atoms. The van der Waals surface area contributed by atoms with Crippen molar-refractivity contribution in [2.45, 2.75) is 51.9 Å². The number of rotatable bonds is 3. The third-order valence-electron chi connectivity index (χ3n) is 9.89. The van der Waals surface area contributed by atoms with Crippen LogP contribution >= 0.6 is 0 Å². The molecule has 0 radical (unpaired) electrons. The summed E-state index contributed by atoms with van der Waals surface area (Å²) in [6, 6.07) is 7.02. The van der Waals surface area contributed by atoms with E-state index < -0.39 is 41.7 Å². The second kappa shape index (κ2) is 7.79. The first kappa shape index (κ1) is 24.4. The van der Waals surface area contributed by atoms with Crippen LogP contribution in [0.3, 0.4) is 0 Å². The molecule has 37 heavy (non-hydrogen) atoms. The number of carbonyl (C=O) groups is 2. The van der Waals surface area contributed by atoms with Crippen molar-refractivity contribution in [3.63, 3.8) is 0 Å². The molecular formula is C29H32N2O6. The molecule has 1 aromatic heterocycles. The Kier molecular flexibility index (Phi) is 5.13. The molecule has 2 unspecified atom stereocenters. The van der Waals surface area contributed by atoms with Gasteiger partial charge >= 0.3 is 5.97 Å². The van der Waals surface area contributed by atoms with Crippen molar-refractivity contribution >= 4 is 22.7 Å². The van der Waals surface area contributed by atoms with Gasteiger partial charge in [0.2, 0.25) is 0 Å². The van der Waals surface area contributed by atoms with Crippen LogP contribution in [0.15, 0.2) is 53.8 Å². The van der Waals surface area contributed by atoms with E-state index in [0.29, 0.717) is 22.9 Å². The summed E-state index contributed by atoms with van der Waals surface area (Å²) in [5, 5.41) is 42.9. The van der Waals surface area contributed by atoms with Crippen LogP contribution in [0.2, 0.25) is 0 Å². The number of carbonyl (C=O) groups excluding carboxylic acids is 2. The number of allylic oxidation sites excluding steroid dienone is 1. The molecule has 4 aliphatic carbocycles. The number of ether oxygens (including phenoxy) is 1. The quantitative estimate of drug-likeness (QED) is 0.430. The van der Waals surface area contributed by atoms with Gasteiger partial charge in [0.25, 0.3) is 0 Å². The first-order valence-electron chi connectivity index (χ1n) is 12.9. The minimum absolute atomic E-state index is 0.0562. The summed E-state index contributed by atoms with van der Waals surface area (Å²) >= 11 is 0. The summed E-state index contributed by atoms with van der Waals surface area (Å²) in [7, 11) is 0. The van der Waals surface area contributed by atoms with E-state index in [1.807, 2.05) is 6.92 Å². The van der Waals surface area contributed by atoms with Crippen LogP contribution in [0.1, 0.15) is 44.5 Å². The third-order valence-corrected chi connectivity index (χ3v) is 9.89. The van der Waals surface area contributed by atoms with Gasteiger partial charge in [-0.25, -0.2) is 4.79 Å². The summed E-state index contributed by atoms with van der Waals surface area (Å²) < 4.78 is 5.97. The molecule has 8 nitrogen and oxygen atoms in total. The smallest absolute Gasteiger partial charge is 0.341 e. The zero-order chi connectivity index (χ0) is 26.5. The van der Waals surface area contributed by atoms with Crippen LogP contribution < -0.4 is 0 Å². The number of esters is 1. The Labute approximate surface area is 215 Å². The Morgan fingerprint density at radius 1 is 1.24 bits per heavy atom. The molecule has 1 aromatic carbocycles. The Morgan fingerprint density at radius 3 is 2.70 bits per heavy atom. The SMILES string of the molecule is CC1=CC23C(=O)[C@@H](C=C(CO)[C@@H](O)[C@]2(O)[C@H]1OC(=O)c1cnnc2ccccc12)[C@H]1[C@@H](CC3C)C1(C)C. The first-order chi connectivity index (χ1) is 17.5. The summed E-state index contributed by atoms with van der Waals surface area (Å²) in [6.45, 7) is 7.42. The largest absolute Gasteiger partial charge is 0.451 e. The molecule has 1 heterocycles. The van der Waals surface area contributed by atoms with Crippen LogP contribution in [0.25, 0.3) is 10.9 Å². The van der Waals surface area contributed by atoms with E-state index in [0.717, 1.165) is 0 Å². The molecule has 8 atom stereocenters. The highest BCUT2D eigenvalue weighted by atomic mass is 16.6. The van der Waals surface area contributed by atoms with Crippen LogP contribution in [0.5, 0.6) is 0 Å². The Morgan fingerprint density at radius 2 is 1.97 bits per heavy atom. The van der Waals surface area contributed by atoms with Gasteiger partial charge in [-0.15, -0.1) is 0 Å². The van der Waals surface area contributed by atoms with Crippen molar-refractivity contribution in [3.05, 3.63) is 59.3 Å². The second-order valence-electron chi connectivity index (χ2n) is 11.9. The maximum atomic E-state index is 14.4. The lowest BCUT2D eigenvalue weighted by Crippen LogP contribution is -2.65. The number of nitrogens with zero attached hydrogens (tertiary/aromatic N) is 2. The molecular weight excluding hydrogens is 472 g/mol. The van der Waals surface area contributed by atoms with Crippen molar-refractivity contribution in [2.75, 3.05) is 6.61 Å². The molecule has 2 bridgehead atoms. The van der Waals surface area contributed by atoms with Crippen LogP contribution in [0, 0.1) is 34.5 Å². The topological polar surface area (TPSA) is 130 Å². The minimum atomic E-state index is -2.18. The van der Waals surface area contributed by atoms with Crippen molar-refractivity contribution < 1.29 is 29.6 Å². The molecule has 0 saturated heterocycles. The van der Waals surface area contributed by atoms with Crippen molar-refractivity contribution in [3.8, 4) is 0 Å². The van der Waals surface area contributed by atoms with E-state index in [1.54, 1.807) is 43.3 Å². The van der Waals surface area contributed by atoms with Gasteiger partial charge in [0.15, 0.2) is 17.5 Å². The van der Waals surface area contributed by atoms with E-state index in [9.17, 15) is 24.9 Å². The number of aliphatic hydroxyl groups is 3. The molecule has 0 aliphatic heterocycles. The number of aromatic nitrogens is 2. The lowest BCUT2D eigenvalue weighted by molar-refractivity contribution is -0.190. The molecule has 3 N–H and O–H groups in total. The van der Waals surface area contributed by atoms with Gasteiger partial charge in [0.1, 0.15) is 6.10 Å². The fourth-order valence-electron chi connectivity index (χ4n) is 7.93. The lowest BCUT2D eigenvalue weighted by atomic mass is 9.59. The number of aliphatic hydroxyl groups excluding tert-OH is 2. The Balaban J connectivity index is 1.47. The fourth-order valence-corrected chi connectivity index (χ4v) is 7.93. The number of fused-ring (bicyclic) bond motifs is 4. The number of benzene rings is 1. The van der Waals surface area contributed by atoms with Crippen LogP contribution in [0.4, 0.5) is 0 Å². The fraction of sp³-hybridized carbons (Fsp3) is 0.517. The van der Waals surface area contributed by atoms with E-state index in [2.05, 4.69) is 24.0 Å². The summed E-state index contributed by atoms with van der Waals surface area (Å²) in [4.78, 5) is 27.9. The standard InChI is InChI=1S/C29H32N2O6/c1-14-11-28-15(2)9-20-22(27(20,3)4)18(24(28)34)10-16(13-32)23(33)29(28,36)25(14)37-26(35)19-12-30-31-21-8-6-5-7-17(19)21/h5-8,10-12,15,18,20,22-23,25,32-33,36H,9,13H2,1-4H3/t15?,18-,20+,22-,23+,25-,28?,29-/m0/s1. The summed E-state index contributed by atoms with van der Waals surface area (Å²) in [6.07, 6.45) is 2.49. The maximum absolute atomic E-state index is 14.4. The molecule has 8 heteroatoms. The first-order valence-corrected chi connectivity index (χ1v) is 12.9. The molecule has 6 rings (SSSR count). The Bertz CT molecular complexity index is 1390. The van der Waals surface area contributed by atoms with Crippen molar-refractivity contribution in [1.82, 2.24) is 10.2 Å². The zero-order valence-corrected chi connectivity index (χ0v) is 21.4. The summed E-state index contributed by atoms with van der Waals surface area (Å²) in [5.74, 6) is -1.47. The lowest BCUT2D eigenvalue weighted by Gasteiger charge is -2.48. The van der Waals surface area contributed by atoms with Gasteiger partial charge in [-0.1, -0.05) is 51.1 Å². The normalized spacial score (nSPS) is 39.6. The molecule has 194 valence electrons. The number of hydrogen-bond donors (Lipinski definition) is 3. The predicted octanol–water partition coefficient (Wildman–Crippen LogP) is 2.62. The number of ketones is 1. The van der Waals surface area contributed by atoms with Gasteiger partial charge in [0.05, 0.1) is 29.3 Å². The number of Topliss-reactive ketones (excluding diaryl/α,β-unsaturated/α-hetero) is 1. The van der Waals surface area contributed by atoms with E-state index >= 15 is 0 Å². The van der Waals surface area contributed by atoms with E-state index in [1.165, 1.54) is 6.20 Å². The van der Waals surface area contributed by atoms with Gasteiger partial charge in [-0.2, -0.15) is 10.2 Å². The third kappa shape index (κ3) is 2.95. The predicted molar refractivity (Wildman–Crippen MR) is 134 cm³/mol. The van der Waals surface area contributed by atoms with Gasteiger partial charge in [-0.3, -0.25) is 4.79 Å². The van der Waals surface area contributed by atoms with E-state index in [-0.39, 0.29) is 40.1 Å². The highest BCUT2D eigenvalue weighted by Gasteiger charge is 2.76. The zero-order valence-electron chi connectivity index (χ0n) is 21.4. The molecule has 2 aromatic rings. The van der Waals surface area contributed by atoms with Crippen LogP contribution in [-0.2, 0) is 9.53 Å². The van der Waals surface area contributed by atoms with Crippen LogP contribution in [-0.4, -0.2) is 61.7 Å². The molecule has 0 amide bonds. The molecule has 2 saturated carbocycles. The molecule has 4 aliphatic rings. The average molecular weight is 505 g/mol. The van der Waals surface area contributed by atoms with Crippen molar-refractivity contribution in [2.24, 2.45) is 34.5 Å². The highest BCUT2D eigenvalue weighted by Crippen LogP contribution is 2.71. The highest BCUT2D eigenvalue weighted by molar-refractivity contribution is 6.03. The van der Waals surface area contributed by atoms with E-state index in [4.69, 9.17) is 4.74 Å². The van der Waals surface area contributed by atoms with Gasteiger partial charge in [-0.05, 0) is 53.7 Å². The summed E-state index contributed by atoms with van der Waals surface area (Å²) in [5.41, 5.74) is -2.34. The molecule has 2 fully saturated rings.